The quantitative estimate of drug-likeness (QED) is 0.466. The van der Waals surface area contributed by atoms with Crippen LogP contribution in [0.1, 0.15) is 39.2 Å². The molecular weight excluding hydrogens is 428 g/mol. The molecule has 0 aromatic heterocycles. The molecule has 6 nitrogen and oxygen atoms in total. The lowest BCUT2D eigenvalue weighted by Gasteiger charge is -2.29. The van der Waals surface area contributed by atoms with Gasteiger partial charge < -0.3 is 19.7 Å². The van der Waals surface area contributed by atoms with Crippen LogP contribution < -0.4 is 14.8 Å². The molecule has 0 aliphatic heterocycles. The molecule has 0 saturated heterocycles. The lowest BCUT2D eigenvalue weighted by atomic mass is 10.1. The van der Waals surface area contributed by atoms with Crippen LogP contribution in [0.25, 0.3) is 0 Å². The van der Waals surface area contributed by atoms with Gasteiger partial charge in [0, 0.05) is 24.5 Å². The lowest BCUT2D eigenvalue weighted by molar-refractivity contribution is -0.140. The van der Waals surface area contributed by atoms with Crippen LogP contribution in [0.5, 0.6) is 11.5 Å². The number of carbonyl (C=O) groups excluding carboxylic acids is 2. The Morgan fingerprint density at radius 2 is 1.62 bits per heavy atom. The van der Waals surface area contributed by atoms with Gasteiger partial charge in [-0.15, -0.1) is 0 Å². The summed E-state index contributed by atoms with van der Waals surface area (Å²) in [5.74, 6) is 1.54. The molecule has 0 unspecified atom stereocenters. The van der Waals surface area contributed by atoms with Crippen LogP contribution in [0.2, 0.25) is 5.02 Å². The first-order chi connectivity index (χ1) is 15.3. The van der Waals surface area contributed by atoms with Crippen molar-refractivity contribution in [2.75, 3.05) is 20.3 Å². The molecular formula is C25H33ClN2O4. The van der Waals surface area contributed by atoms with E-state index in [1.165, 1.54) is 0 Å². The van der Waals surface area contributed by atoms with E-state index in [0.29, 0.717) is 42.8 Å². The van der Waals surface area contributed by atoms with Gasteiger partial charge in [0.05, 0.1) is 13.7 Å². The van der Waals surface area contributed by atoms with Crippen molar-refractivity contribution >= 4 is 23.4 Å². The Balaban J connectivity index is 1.99. The molecule has 0 fully saturated rings. The maximum atomic E-state index is 13.1. The summed E-state index contributed by atoms with van der Waals surface area (Å²) in [6.45, 7) is 7.15. The van der Waals surface area contributed by atoms with Crippen molar-refractivity contribution < 1.29 is 19.1 Å². The number of nitrogens with zero attached hydrogens (tertiary/aromatic N) is 1. The van der Waals surface area contributed by atoms with Crippen molar-refractivity contribution in [2.24, 2.45) is 5.92 Å². The van der Waals surface area contributed by atoms with E-state index < -0.39 is 6.04 Å². The van der Waals surface area contributed by atoms with E-state index in [1.54, 1.807) is 43.2 Å². The zero-order valence-corrected chi connectivity index (χ0v) is 20.0. The zero-order chi connectivity index (χ0) is 23.5. The second-order valence-electron chi connectivity index (χ2n) is 8.09. The van der Waals surface area contributed by atoms with Crippen LogP contribution in [0, 0.1) is 5.92 Å². The molecule has 2 amide bonds. The maximum absolute atomic E-state index is 13.1. The van der Waals surface area contributed by atoms with Crippen LogP contribution in [0.3, 0.4) is 0 Å². The zero-order valence-electron chi connectivity index (χ0n) is 19.3. The Labute approximate surface area is 195 Å². The molecule has 7 heteroatoms. The average Bonchev–Trinajstić information content (AvgIpc) is 2.79. The summed E-state index contributed by atoms with van der Waals surface area (Å²) in [4.78, 5) is 27.3. The number of nitrogens with one attached hydrogen (secondary N) is 1. The minimum Gasteiger partial charge on any atom is -0.497 e. The number of halogens is 1. The van der Waals surface area contributed by atoms with E-state index in [-0.39, 0.29) is 18.2 Å². The molecule has 0 heterocycles. The summed E-state index contributed by atoms with van der Waals surface area (Å²) in [6, 6.07) is 14.0. The Bertz CT molecular complexity index is 853. The van der Waals surface area contributed by atoms with Crippen molar-refractivity contribution in [3.63, 3.8) is 0 Å². The third kappa shape index (κ3) is 8.42. The predicted molar refractivity (Wildman–Crippen MR) is 127 cm³/mol. The van der Waals surface area contributed by atoms with Crippen LogP contribution in [-0.2, 0) is 16.1 Å². The highest BCUT2D eigenvalue weighted by molar-refractivity contribution is 6.30. The van der Waals surface area contributed by atoms with Gasteiger partial charge in [-0.05, 0) is 61.2 Å². The molecule has 1 N–H and O–H groups in total. The predicted octanol–water partition coefficient (Wildman–Crippen LogP) is 4.70. The van der Waals surface area contributed by atoms with Crippen LogP contribution in [-0.4, -0.2) is 43.0 Å². The highest BCUT2D eigenvalue weighted by Crippen LogP contribution is 2.18. The van der Waals surface area contributed by atoms with Gasteiger partial charge in [0.15, 0.2) is 0 Å². The fraction of sp³-hybridized carbons (Fsp3) is 0.440. The highest BCUT2D eigenvalue weighted by Gasteiger charge is 2.25. The maximum Gasteiger partial charge on any atom is 0.242 e. The van der Waals surface area contributed by atoms with E-state index in [9.17, 15) is 9.59 Å². The monoisotopic (exact) mass is 460 g/mol. The van der Waals surface area contributed by atoms with E-state index in [0.717, 1.165) is 11.3 Å². The Morgan fingerprint density at radius 1 is 1.00 bits per heavy atom. The van der Waals surface area contributed by atoms with E-state index >= 15 is 0 Å². The molecule has 32 heavy (non-hydrogen) atoms. The first kappa shape index (κ1) is 25.5. The van der Waals surface area contributed by atoms with Gasteiger partial charge in [0.1, 0.15) is 17.5 Å². The van der Waals surface area contributed by atoms with Crippen molar-refractivity contribution in [1.29, 1.82) is 0 Å². The van der Waals surface area contributed by atoms with Crippen LogP contribution in [0.15, 0.2) is 48.5 Å². The molecule has 0 radical (unpaired) electrons. The second-order valence-corrected chi connectivity index (χ2v) is 8.53. The Hall–Kier alpha value is -2.73. The summed E-state index contributed by atoms with van der Waals surface area (Å²) >= 11 is 5.88. The minimum absolute atomic E-state index is 0.0901. The third-order valence-electron chi connectivity index (χ3n) is 4.98. The fourth-order valence-corrected chi connectivity index (χ4v) is 3.18. The Morgan fingerprint density at radius 3 is 2.22 bits per heavy atom. The number of carbonyl (C=O) groups is 2. The molecule has 2 aromatic rings. The van der Waals surface area contributed by atoms with Gasteiger partial charge in [-0.1, -0.05) is 37.6 Å². The van der Waals surface area contributed by atoms with Gasteiger partial charge in [0.25, 0.3) is 0 Å². The molecule has 2 rings (SSSR count). The number of methoxy groups -OCH3 is 1. The fourth-order valence-electron chi connectivity index (χ4n) is 3.05. The lowest BCUT2D eigenvalue weighted by Crippen LogP contribution is -2.48. The standard InChI is InChI=1S/C25H33ClN2O4/c1-18(2)16-27-25(30)19(3)28(17-20-7-11-22(31-4)12-8-20)24(29)6-5-15-32-23-13-9-21(26)10-14-23/h7-14,18-19H,5-6,15-17H2,1-4H3,(H,27,30)/t19-/m1/s1. The number of ether oxygens (including phenoxy) is 2. The normalized spacial score (nSPS) is 11.7. The van der Waals surface area contributed by atoms with Gasteiger partial charge in [-0.2, -0.15) is 0 Å². The molecule has 0 spiro atoms. The molecule has 0 aliphatic rings. The summed E-state index contributed by atoms with van der Waals surface area (Å²) in [5.41, 5.74) is 0.931. The third-order valence-corrected chi connectivity index (χ3v) is 5.23. The molecule has 2 aromatic carbocycles. The molecule has 0 bridgehead atoms. The molecule has 0 aliphatic carbocycles. The largest absolute Gasteiger partial charge is 0.497 e. The van der Waals surface area contributed by atoms with Crippen molar-refractivity contribution in [3.05, 3.63) is 59.1 Å². The smallest absolute Gasteiger partial charge is 0.242 e. The number of hydrogen-bond donors (Lipinski definition) is 1. The van der Waals surface area contributed by atoms with Crippen molar-refractivity contribution in [3.8, 4) is 11.5 Å². The number of rotatable bonds is 12. The second kappa shape index (κ2) is 13.0. The van der Waals surface area contributed by atoms with Gasteiger partial charge >= 0.3 is 0 Å². The summed E-state index contributed by atoms with van der Waals surface area (Å²) in [5, 5.41) is 3.57. The average molecular weight is 461 g/mol. The van der Waals surface area contributed by atoms with Gasteiger partial charge in [-0.3, -0.25) is 9.59 Å². The molecule has 1 atom stereocenters. The number of amides is 2. The number of hydrogen-bond acceptors (Lipinski definition) is 4. The highest BCUT2D eigenvalue weighted by atomic mass is 35.5. The van der Waals surface area contributed by atoms with Crippen molar-refractivity contribution in [1.82, 2.24) is 10.2 Å². The van der Waals surface area contributed by atoms with E-state index in [2.05, 4.69) is 5.32 Å². The van der Waals surface area contributed by atoms with E-state index in [4.69, 9.17) is 21.1 Å². The summed E-state index contributed by atoms with van der Waals surface area (Å²) in [6.07, 6.45) is 0.826. The molecule has 0 saturated carbocycles. The SMILES string of the molecule is COc1ccc(CN(C(=O)CCCOc2ccc(Cl)cc2)[C@H](C)C(=O)NCC(C)C)cc1. The topological polar surface area (TPSA) is 67.9 Å². The van der Waals surface area contributed by atoms with E-state index in [1.807, 2.05) is 38.1 Å². The first-order valence-electron chi connectivity index (χ1n) is 10.9. The molecule has 174 valence electrons. The Kier molecular flexibility index (Phi) is 10.3. The summed E-state index contributed by atoms with van der Waals surface area (Å²) in [7, 11) is 1.61. The van der Waals surface area contributed by atoms with Crippen LogP contribution in [0.4, 0.5) is 0 Å². The van der Waals surface area contributed by atoms with Crippen molar-refractivity contribution in [2.45, 2.75) is 46.2 Å². The minimum atomic E-state index is -0.583. The number of benzene rings is 2. The van der Waals surface area contributed by atoms with Gasteiger partial charge in [0.2, 0.25) is 11.8 Å². The first-order valence-corrected chi connectivity index (χ1v) is 11.3. The summed E-state index contributed by atoms with van der Waals surface area (Å²) < 4.78 is 10.9. The van der Waals surface area contributed by atoms with Crippen LogP contribution >= 0.6 is 11.6 Å². The van der Waals surface area contributed by atoms with Gasteiger partial charge in [-0.25, -0.2) is 0 Å².